The van der Waals surface area contributed by atoms with E-state index in [2.05, 4.69) is 0 Å². The highest BCUT2D eigenvalue weighted by molar-refractivity contribution is 7.99. The maximum atomic E-state index is 11.8. The molecule has 2 heterocycles. The first kappa shape index (κ1) is 9.34. The van der Waals surface area contributed by atoms with Gasteiger partial charge in [0.15, 0.2) is 0 Å². The highest BCUT2D eigenvalue weighted by Crippen LogP contribution is 2.18. The van der Waals surface area contributed by atoms with E-state index in [0.717, 1.165) is 37.6 Å². The van der Waals surface area contributed by atoms with Crippen LogP contribution >= 0.6 is 11.8 Å². The van der Waals surface area contributed by atoms with Crippen molar-refractivity contribution in [2.75, 3.05) is 37.8 Å². The van der Waals surface area contributed by atoms with Gasteiger partial charge in [0.1, 0.15) is 0 Å². The Balaban J connectivity index is 1.87. The van der Waals surface area contributed by atoms with Gasteiger partial charge >= 0.3 is 0 Å². The van der Waals surface area contributed by atoms with Gasteiger partial charge in [-0.15, -0.1) is 0 Å². The van der Waals surface area contributed by atoms with E-state index in [1.54, 1.807) is 0 Å². The summed E-state index contributed by atoms with van der Waals surface area (Å²) in [6, 6.07) is 0. The Morgan fingerprint density at radius 2 is 2.15 bits per heavy atom. The van der Waals surface area contributed by atoms with Crippen molar-refractivity contribution in [1.29, 1.82) is 0 Å². The van der Waals surface area contributed by atoms with Gasteiger partial charge in [-0.3, -0.25) is 4.79 Å². The minimum Gasteiger partial charge on any atom is -0.381 e. The summed E-state index contributed by atoms with van der Waals surface area (Å²) in [4.78, 5) is 13.8. The minimum atomic E-state index is 0.156. The van der Waals surface area contributed by atoms with Crippen LogP contribution in [0.2, 0.25) is 0 Å². The summed E-state index contributed by atoms with van der Waals surface area (Å²) in [5.74, 6) is 2.67. The molecule has 74 valence electrons. The van der Waals surface area contributed by atoms with Crippen molar-refractivity contribution in [3.05, 3.63) is 0 Å². The number of hydrogen-bond acceptors (Lipinski definition) is 3. The van der Waals surface area contributed by atoms with Crippen molar-refractivity contribution in [3.8, 4) is 0 Å². The lowest BCUT2D eigenvalue weighted by Gasteiger charge is -2.28. The Labute approximate surface area is 82.8 Å². The van der Waals surface area contributed by atoms with Crippen LogP contribution in [0.4, 0.5) is 0 Å². The monoisotopic (exact) mass is 201 g/mol. The van der Waals surface area contributed by atoms with E-state index in [1.165, 1.54) is 0 Å². The molecule has 0 N–H and O–H groups in total. The van der Waals surface area contributed by atoms with Crippen LogP contribution in [0.25, 0.3) is 0 Å². The van der Waals surface area contributed by atoms with Gasteiger partial charge < -0.3 is 9.64 Å². The highest BCUT2D eigenvalue weighted by Gasteiger charge is 2.28. The molecule has 3 nitrogen and oxygen atoms in total. The van der Waals surface area contributed by atoms with Crippen molar-refractivity contribution in [3.63, 3.8) is 0 Å². The molecule has 0 radical (unpaired) electrons. The molecule has 4 heteroatoms. The zero-order valence-corrected chi connectivity index (χ0v) is 8.52. The van der Waals surface area contributed by atoms with E-state index in [4.69, 9.17) is 4.74 Å². The number of nitrogens with zero attached hydrogens (tertiary/aromatic N) is 1. The van der Waals surface area contributed by atoms with Crippen LogP contribution in [0.5, 0.6) is 0 Å². The molecule has 0 aromatic rings. The molecule has 2 saturated heterocycles. The third-order valence-electron chi connectivity index (χ3n) is 2.60. The first-order valence-corrected chi connectivity index (χ1v) is 5.97. The van der Waals surface area contributed by atoms with Crippen LogP contribution in [0, 0.1) is 5.92 Å². The molecule has 0 saturated carbocycles. The molecule has 2 aliphatic heterocycles. The Hall–Kier alpha value is -0.220. The Morgan fingerprint density at radius 1 is 1.38 bits per heavy atom. The van der Waals surface area contributed by atoms with E-state index in [-0.39, 0.29) is 5.92 Å². The fraction of sp³-hybridized carbons (Fsp3) is 0.889. The lowest BCUT2D eigenvalue weighted by molar-refractivity contribution is -0.135. The molecule has 0 aliphatic carbocycles. The summed E-state index contributed by atoms with van der Waals surface area (Å²) in [5.41, 5.74) is 0. The molecule has 2 aliphatic rings. The highest BCUT2D eigenvalue weighted by atomic mass is 32.2. The fourth-order valence-corrected chi connectivity index (χ4v) is 2.67. The van der Waals surface area contributed by atoms with Crippen molar-refractivity contribution in [2.45, 2.75) is 6.42 Å². The Kier molecular flexibility index (Phi) is 3.11. The Morgan fingerprint density at radius 3 is 2.77 bits per heavy atom. The molecular formula is C9H15NO2S. The number of amides is 1. The lowest BCUT2D eigenvalue weighted by atomic mass is 10.1. The number of hydrogen-bond donors (Lipinski definition) is 0. The summed E-state index contributed by atoms with van der Waals surface area (Å²) >= 11 is 1.93. The molecule has 2 fully saturated rings. The SMILES string of the molecule is O=C(C1CCOC1)N1CCSCC1. The molecule has 0 aromatic carbocycles. The fourth-order valence-electron chi connectivity index (χ4n) is 1.77. The molecule has 0 spiro atoms. The van der Waals surface area contributed by atoms with Gasteiger partial charge in [-0.05, 0) is 6.42 Å². The number of thioether (sulfide) groups is 1. The molecular weight excluding hydrogens is 186 g/mol. The van der Waals surface area contributed by atoms with Gasteiger partial charge in [0.2, 0.25) is 5.91 Å². The smallest absolute Gasteiger partial charge is 0.228 e. The average molecular weight is 201 g/mol. The van der Waals surface area contributed by atoms with Crippen molar-refractivity contribution in [1.82, 2.24) is 4.90 Å². The van der Waals surface area contributed by atoms with Crippen molar-refractivity contribution in [2.24, 2.45) is 5.92 Å². The lowest BCUT2D eigenvalue weighted by Crippen LogP contribution is -2.41. The first-order valence-electron chi connectivity index (χ1n) is 4.82. The van der Waals surface area contributed by atoms with Gasteiger partial charge in [0.05, 0.1) is 12.5 Å². The minimum absolute atomic E-state index is 0.156. The largest absolute Gasteiger partial charge is 0.381 e. The van der Waals surface area contributed by atoms with Crippen LogP contribution in [0.15, 0.2) is 0 Å². The van der Waals surface area contributed by atoms with E-state index >= 15 is 0 Å². The summed E-state index contributed by atoms with van der Waals surface area (Å²) < 4.78 is 5.22. The summed E-state index contributed by atoms with van der Waals surface area (Å²) in [6.07, 6.45) is 0.919. The third kappa shape index (κ3) is 2.17. The van der Waals surface area contributed by atoms with Gasteiger partial charge in [0.25, 0.3) is 0 Å². The number of carbonyl (C=O) groups is 1. The quantitative estimate of drug-likeness (QED) is 0.622. The predicted molar refractivity (Wildman–Crippen MR) is 52.8 cm³/mol. The zero-order chi connectivity index (χ0) is 9.10. The molecule has 13 heavy (non-hydrogen) atoms. The topological polar surface area (TPSA) is 29.5 Å². The van der Waals surface area contributed by atoms with Gasteiger partial charge in [-0.25, -0.2) is 0 Å². The molecule has 1 amide bonds. The molecule has 1 unspecified atom stereocenters. The second kappa shape index (κ2) is 4.33. The molecule has 0 aromatic heterocycles. The normalized spacial score (nSPS) is 29.2. The molecule has 1 atom stereocenters. The van der Waals surface area contributed by atoms with Gasteiger partial charge in [0, 0.05) is 31.2 Å². The predicted octanol–water partition coefficient (Wildman–Crippen LogP) is 0.598. The van der Waals surface area contributed by atoms with Crippen LogP contribution < -0.4 is 0 Å². The van der Waals surface area contributed by atoms with E-state index in [0.29, 0.717) is 12.5 Å². The average Bonchev–Trinajstić information content (AvgIpc) is 2.71. The third-order valence-corrected chi connectivity index (χ3v) is 3.54. The van der Waals surface area contributed by atoms with Crippen LogP contribution in [0.1, 0.15) is 6.42 Å². The molecule has 2 rings (SSSR count). The summed E-state index contributed by atoms with van der Waals surface area (Å²) in [7, 11) is 0. The zero-order valence-electron chi connectivity index (χ0n) is 7.70. The second-order valence-electron chi connectivity index (χ2n) is 3.50. The standard InChI is InChI=1S/C9H15NO2S/c11-9(8-1-4-12-7-8)10-2-5-13-6-3-10/h8H,1-7H2. The van der Waals surface area contributed by atoms with E-state index < -0.39 is 0 Å². The van der Waals surface area contributed by atoms with Crippen LogP contribution in [0.3, 0.4) is 0 Å². The molecule has 0 bridgehead atoms. The number of rotatable bonds is 1. The van der Waals surface area contributed by atoms with Gasteiger partial charge in [-0.2, -0.15) is 11.8 Å². The van der Waals surface area contributed by atoms with Crippen molar-refractivity contribution < 1.29 is 9.53 Å². The Bertz CT molecular complexity index is 186. The number of carbonyl (C=O) groups excluding carboxylic acids is 1. The van der Waals surface area contributed by atoms with E-state index in [1.807, 2.05) is 16.7 Å². The maximum absolute atomic E-state index is 11.8. The van der Waals surface area contributed by atoms with Gasteiger partial charge in [-0.1, -0.05) is 0 Å². The van der Waals surface area contributed by atoms with Crippen LogP contribution in [-0.4, -0.2) is 48.6 Å². The summed E-state index contributed by atoms with van der Waals surface area (Å²) in [5, 5.41) is 0. The summed E-state index contributed by atoms with van der Waals surface area (Å²) in [6.45, 7) is 3.27. The first-order chi connectivity index (χ1) is 6.38. The van der Waals surface area contributed by atoms with Crippen molar-refractivity contribution >= 4 is 17.7 Å². The van der Waals surface area contributed by atoms with E-state index in [9.17, 15) is 4.79 Å². The maximum Gasteiger partial charge on any atom is 0.228 e. The number of ether oxygens (including phenoxy) is 1. The van der Waals surface area contributed by atoms with Crippen LogP contribution in [-0.2, 0) is 9.53 Å². The second-order valence-corrected chi connectivity index (χ2v) is 4.72.